The summed E-state index contributed by atoms with van der Waals surface area (Å²) in [6.45, 7) is 0. The number of benzene rings is 1. The summed E-state index contributed by atoms with van der Waals surface area (Å²) < 4.78 is 28.2. The van der Waals surface area contributed by atoms with Crippen LogP contribution in [0.5, 0.6) is 5.75 Å². The molecule has 1 aromatic rings. The van der Waals surface area contributed by atoms with E-state index in [4.69, 9.17) is 10.5 Å². The fourth-order valence-electron chi connectivity index (χ4n) is 2.16. The van der Waals surface area contributed by atoms with Crippen LogP contribution in [0.1, 0.15) is 17.2 Å². The van der Waals surface area contributed by atoms with E-state index in [2.05, 4.69) is 0 Å². The summed E-state index contributed by atoms with van der Waals surface area (Å²) >= 11 is 0. The van der Waals surface area contributed by atoms with Gasteiger partial charge in [0, 0.05) is 12.3 Å². The van der Waals surface area contributed by atoms with Gasteiger partial charge in [-0.25, -0.2) is 8.42 Å². The van der Waals surface area contributed by atoms with Gasteiger partial charge >= 0.3 is 0 Å². The van der Waals surface area contributed by atoms with Crippen LogP contribution in [-0.4, -0.2) is 27.0 Å². The summed E-state index contributed by atoms with van der Waals surface area (Å²) in [5.41, 5.74) is 7.85. The minimum Gasteiger partial charge on any atom is -0.497 e. The van der Waals surface area contributed by atoms with E-state index in [0.29, 0.717) is 12.2 Å². The maximum absolute atomic E-state index is 11.6. The van der Waals surface area contributed by atoms with E-state index in [9.17, 15) is 8.42 Å². The molecule has 88 valence electrons. The summed E-state index contributed by atoms with van der Waals surface area (Å²) in [6, 6.07) is 5.10. The van der Waals surface area contributed by atoms with Crippen LogP contribution in [0.4, 0.5) is 0 Å². The van der Waals surface area contributed by atoms with Gasteiger partial charge in [-0.1, -0.05) is 6.07 Å². The molecule has 0 amide bonds. The lowest BCUT2D eigenvalue weighted by molar-refractivity contribution is 0.414. The average Bonchev–Trinajstić information content (AvgIpc) is 2.55. The summed E-state index contributed by atoms with van der Waals surface area (Å²) in [7, 11) is -1.53. The number of methoxy groups -OCH3 is 1. The van der Waals surface area contributed by atoms with Crippen LogP contribution in [0.25, 0.3) is 0 Å². The van der Waals surface area contributed by atoms with E-state index in [1.165, 1.54) is 6.26 Å². The lowest BCUT2D eigenvalue weighted by Gasteiger charge is -2.13. The molecule has 2 atom stereocenters. The highest BCUT2D eigenvalue weighted by Gasteiger charge is 2.36. The van der Waals surface area contributed by atoms with Crippen molar-refractivity contribution in [1.82, 2.24) is 0 Å². The highest BCUT2D eigenvalue weighted by molar-refractivity contribution is 7.91. The zero-order valence-electron chi connectivity index (χ0n) is 9.30. The third-order valence-electron chi connectivity index (χ3n) is 3.08. The molecule has 1 aromatic carbocycles. The second kappa shape index (κ2) is 3.75. The zero-order chi connectivity index (χ0) is 11.9. The smallest absolute Gasteiger partial charge is 0.152 e. The maximum atomic E-state index is 11.6. The highest BCUT2D eigenvalue weighted by atomic mass is 32.2. The molecule has 2 rings (SSSR count). The monoisotopic (exact) mass is 241 g/mol. The normalized spacial score (nSPS) is 24.2. The maximum Gasteiger partial charge on any atom is 0.152 e. The third-order valence-corrected chi connectivity index (χ3v) is 4.64. The molecule has 0 radical (unpaired) electrons. The van der Waals surface area contributed by atoms with E-state index < -0.39 is 21.1 Å². The van der Waals surface area contributed by atoms with Gasteiger partial charge in [0.05, 0.1) is 12.4 Å². The average molecular weight is 241 g/mol. The van der Waals surface area contributed by atoms with Gasteiger partial charge in [0.1, 0.15) is 5.75 Å². The largest absolute Gasteiger partial charge is 0.497 e. The highest BCUT2D eigenvalue weighted by Crippen LogP contribution is 2.35. The Morgan fingerprint density at radius 3 is 2.69 bits per heavy atom. The van der Waals surface area contributed by atoms with E-state index >= 15 is 0 Å². The Morgan fingerprint density at radius 2 is 2.12 bits per heavy atom. The van der Waals surface area contributed by atoms with Gasteiger partial charge in [0.15, 0.2) is 9.84 Å². The van der Waals surface area contributed by atoms with E-state index in [0.717, 1.165) is 11.1 Å². The Labute approximate surface area is 95.3 Å². The number of ether oxygens (including phenoxy) is 1. The first-order valence-electron chi connectivity index (χ1n) is 5.04. The van der Waals surface area contributed by atoms with Gasteiger partial charge in [-0.2, -0.15) is 0 Å². The molecule has 1 aliphatic rings. The van der Waals surface area contributed by atoms with Gasteiger partial charge in [-0.3, -0.25) is 0 Å². The molecule has 0 heterocycles. The molecule has 0 aliphatic heterocycles. The van der Waals surface area contributed by atoms with Crippen molar-refractivity contribution in [2.24, 2.45) is 5.73 Å². The summed E-state index contributed by atoms with van der Waals surface area (Å²) in [4.78, 5) is 0. The van der Waals surface area contributed by atoms with Crippen LogP contribution in [-0.2, 0) is 16.3 Å². The second-order valence-electron chi connectivity index (χ2n) is 4.16. The molecule has 0 bridgehead atoms. The van der Waals surface area contributed by atoms with E-state index in [1.54, 1.807) is 7.11 Å². The second-order valence-corrected chi connectivity index (χ2v) is 6.43. The Morgan fingerprint density at radius 1 is 1.44 bits per heavy atom. The molecule has 0 fully saturated rings. The molecule has 5 heteroatoms. The number of sulfone groups is 1. The Hall–Kier alpha value is -1.07. The van der Waals surface area contributed by atoms with Gasteiger partial charge in [-0.15, -0.1) is 0 Å². The molecular weight excluding hydrogens is 226 g/mol. The van der Waals surface area contributed by atoms with Crippen molar-refractivity contribution in [3.05, 3.63) is 29.3 Å². The molecule has 1 aliphatic carbocycles. The predicted molar refractivity (Wildman–Crippen MR) is 62.3 cm³/mol. The Bertz CT molecular complexity index is 510. The first kappa shape index (κ1) is 11.4. The number of rotatable bonds is 2. The molecule has 0 aromatic heterocycles. The van der Waals surface area contributed by atoms with Gasteiger partial charge in [0.2, 0.25) is 0 Å². The summed E-state index contributed by atoms with van der Waals surface area (Å²) in [6.07, 6.45) is 1.74. The van der Waals surface area contributed by atoms with Crippen LogP contribution in [0, 0.1) is 0 Å². The van der Waals surface area contributed by atoms with Gasteiger partial charge in [0.25, 0.3) is 0 Å². The first-order chi connectivity index (χ1) is 7.43. The Kier molecular flexibility index (Phi) is 2.67. The van der Waals surface area contributed by atoms with Crippen molar-refractivity contribution in [3.8, 4) is 5.75 Å². The fraction of sp³-hybridized carbons (Fsp3) is 0.455. The van der Waals surface area contributed by atoms with Crippen molar-refractivity contribution < 1.29 is 13.2 Å². The van der Waals surface area contributed by atoms with Crippen LogP contribution >= 0.6 is 0 Å². The molecule has 2 unspecified atom stereocenters. The van der Waals surface area contributed by atoms with Crippen LogP contribution in [0.3, 0.4) is 0 Å². The third kappa shape index (κ3) is 1.81. The lowest BCUT2D eigenvalue weighted by atomic mass is 10.1. The zero-order valence-corrected chi connectivity index (χ0v) is 10.1. The van der Waals surface area contributed by atoms with Crippen LogP contribution in [0.2, 0.25) is 0 Å². The van der Waals surface area contributed by atoms with Crippen LogP contribution in [0.15, 0.2) is 18.2 Å². The van der Waals surface area contributed by atoms with Crippen molar-refractivity contribution in [2.45, 2.75) is 17.7 Å². The van der Waals surface area contributed by atoms with Crippen LogP contribution < -0.4 is 10.5 Å². The number of hydrogen-bond donors (Lipinski definition) is 1. The molecule has 0 spiro atoms. The van der Waals surface area contributed by atoms with Gasteiger partial charge in [-0.05, 0) is 29.7 Å². The minimum absolute atomic E-state index is 0.444. The minimum atomic E-state index is -3.10. The predicted octanol–water partition coefficient (Wildman–Crippen LogP) is 0.664. The van der Waals surface area contributed by atoms with E-state index in [1.807, 2.05) is 18.2 Å². The topological polar surface area (TPSA) is 69.4 Å². The molecule has 2 N–H and O–H groups in total. The molecule has 4 nitrogen and oxygen atoms in total. The fourth-order valence-corrected chi connectivity index (χ4v) is 3.32. The molecule has 0 saturated carbocycles. The molecule has 16 heavy (non-hydrogen) atoms. The van der Waals surface area contributed by atoms with Crippen molar-refractivity contribution in [1.29, 1.82) is 0 Å². The van der Waals surface area contributed by atoms with Crippen molar-refractivity contribution in [2.75, 3.05) is 13.4 Å². The number of nitrogens with two attached hydrogens (primary N) is 1. The summed E-state index contributed by atoms with van der Waals surface area (Å²) in [5, 5.41) is -0.505. The van der Waals surface area contributed by atoms with Crippen molar-refractivity contribution >= 4 is 9.84 Å². The first-order valence-corrected chi connectivity index (χ1v) is 7.00. The molecule has 0 saturated heterocycles. The van der Waals surface area contributed by atoms with Gasteiger partial charge < -0.3 is 10.5 Å². The quantitative estimate of drug-likeness (QED) is 0.826. The number of fused-ring (bicyclic) bond motifs is 1. The van der Waals surface area contributed by atoms with E-state index in [-0.39, 0.29) is 0 Å². The number of hydrogen-bond acceptors (Lipinski definition) is 4. The summed E-state index contributed by atoms with van der Waals surface area (Å²) in [5.74, 6) is 0.711. The van der Waals surface area contributed by atoms with Crippen molar-refractivity contribution in [3.63, 3.8) is 0 Å². The standard InChI is InChI=1S/C11H15NO3S/c1-15-8-4-3-7-5-10(16(2,13)14)11(12)9(7)6-8/h3-4,6,10-11H,5,12H2,1-2H3. The Balaban J connectivity index is 2.43. The SMILES string of the molecule is COc1ccc2c(c1)C(N)C(S(C)(=O)=O)C2. The molecular formula is C11H15NO3S. The lowest BCUT2D eigenvalue weighted by Crippen LogP contribution is -2.29.